The van der Waals surface area contributed by atoms with Crippen LogP contribution in [-0.4, -0.2) is 39.0 Å². The lowest BCUT2D eigenvalue weighted by Crippen LogP contribution is -2.34. The van der Waals surface area contributed by atoms with Crippen LogP contribution in [0.5, 0.6) is 11.5 Å². The largest absolute Gasteiger partial charge is 0.493 e. The van der Waals surface area contributed by atoms with Gasteiger partial charge in [0.05, 0.1) is 19.9 Å². The summed E-state index contributed by atoms with van der Waals surface area (Å²) in [6, 6.07) is 5.94. The first-order valence-corrected chi connectivity index (χ1v) is 6.37. The summed E-state index contributed by atoms with van der Waals surface area (Å²) in [5, 5.41) is 9.17. The van der Waals surface area contributed by atoms with Crippen molar-refractivity contribution in [3.8, 4) is 11.5 Å². The van der Waals surface area contributed by atoms with Crippen LogP contribution in [0.2, 0.25) is 0 Å². The third-order valence-electron chi connectivity index (χ3n) is 3.60. The Bertz CT molecular complexity index is 387. The highest BCUT2D eigenvalue weighted by Crippen LogP contribution is 2.38. The second-order valence-corrected chi connectivity index (χ2v) is 4.63. The molecule has 0 aliphatic carbocycles. The molecule has 0 amide bonds. The Kier molecular flexibility index (Phi) is 4.31. The van der Waals surface area contributed by atoms with E-state index in [0.717, 1.165) is 43.1 Å². The fourth-order valence-corrected chi connectivity index (χ4v) is 2.48. The summed E-state index contributed by atoms with van der Waals surface area (Å²) in [7, 11) is 3.32. The Morgan fingerprint density at radius 2 is 1.94 bits per heavy atom. The van der Waals surface area contributed by atoms with E-state index in [1.165, 1.54) is 0 Å². The number of nitrogens with zero attached hydrogens (tertiary/aromatic N) is 1. The molecule has 0 saturated carbocycles. The van der Waals surface area contributed by atoms with Gasteiger partial charge in [-0.2, -0.15) is 0 Å². The molecular weight excluding hydrogens is 230 g/mol. The molecule has 1 saturated heterocycles. The molecule has 2 rings (SSSR count). The molecule has 1 aliphatic rings. The minimum atomic E-state index is 0.295. The molecule has 1 heterocycles. The summed E-state index contributed by atoms with van der Waals surface area (Å²) in [6.07, 6.45) is 2.05. The number of anilines is 1. The average Bonchev–Trinajstić information content (AvgIpc) is 2.46. The summed E-state index contributed by atoms with van der Waals surface area (Å²) in [4.78, 5) is 2.30. The van der Waals surface area contributed by atoms with Gasteiger partial charge in [-0.15, -0.1) is 0 Å². The fraction of sp³-hybridized carbons (Fsp3) is 0.571. The summed E-state index contributed by atoms with van der Waals surface area (Å²) in [6.45, 7) is 2.20. The van der Waals surface area contributed by atoms with E-state index in [0.29, 0.717) is 12.5 Å². The molecule has 1 N–H and O–H groups in total. The number of hydrogen-bond acceptors (Lipinski definition) is 4. The Hall–Kier alpha value is -1.42. The molecular formula is C14H21NO3. The summed E-state index contributed by atoms with van der Waals surface area (Å²) in [5.41, 5.74) is 1.08. The Labute approximate surface area is 108 Å². The number of ether oxygens (including phenoxy) is 2. The smallest absolute Gasteiger partial charge is 0.184 e. The molecule has 0 aromatic heterocycles. The molecule has 0 bridgehead atoms. The quantitative estimate of drug-likeness (QED) is 0.887. The predicted octanol–water partition coefficient (Wildman–Crippen LogP) is 1.91. The van der Waals surface area contributed by atoms with Gasteiger partial charge < -0.3 is 19.5 Å². The van der Waals surface area contributed by atoms with Crippen LogP contribution in [0.15, 0.2) is 18.2 Å². The van der Waals surface area contributed by atoms with Crippen molar-refractivity contribution in [1.29, 1.82) is 0 Å². The Balaban J connectivity index is 2.18. The van der Waals surface area contributed by atoms with E-state index in [9.17, 15) is 0 Å². The molecule has 0 atom stereocenters. The predicted molar refractivity (Wildman–Crippen MR) is 71.6 cm³/mol. The van der Waals surface area contributed by atoms with Crippen molar-refractivity contribution in [2.24, 2.45) is 5.92 Å². The van der Waals surface area contributed by atoms with Crippen molar-refractivity contribution in [3.63, 3.8) is 0 Å². The zero-order valence-electron chi connectivity index (χ0n) is 11.1. The van der Waals surface area contributed by atoms with Crippen molar-refractivity contribution in [3.05, 3.63) is 18.2 Å². The van der Waals surface area contributed by atoms with Crippen LogP contribution in [0.25, 0.3) is 0 Å². The first-order chi connectivity index (χ1) is 8.80. The summed E-state index contributed by atoms with van der Waals surface area (Å²) < 4.78 is 10.8. The van der Waals surface area contributed by atoms with E-state index in [4.69, 9.17) is 14.6 Å². The van der Waals surface area contributed by atoms with Crippen molar-refractivity contribution >= 4 is 5.69 Å². The molecule has 1 fully saturated rings. The maximum Gasteiger partial charge on any atom is 0.184 e. The summed E-state index contributed by atoms with van der Waals surface area (Å²) >= 11 is 0. The highest BCUT2D eigenvalue weighted by Gasteiger charge is 2.22. The van der Waals surface area contributed by atoms with Crippen molar-refractivity contribution < 1.29 is 14.6 Å². The van der Waals surface area contributed by atoms with E-state index in [-0.39, 0.29) is 0 Å². The number of hydrogen-bond donors (Lipinski definition) is 1. The van der Waals surface area contributed by atoms with Crippen LogP contribution >= 0.6 is 0 Å². The van der Waals surface area contributed by atoms with Crippen molar-refractivity contribution in [2.45, 2.75) is 12.8 Å². The van der Waals surface area contributed by atoms with Crippen molar-refractivity contribution in [2.75, 3.05) is 38.8 Å². The first kappa shape index (κ1) is 13.0. The van der Waals surface area contributed by atoms with E-state index in [2.05, 4.69) is 11.0 Å². The topological polar surface area (TPSA) is 41.9 Å². The van der Waals surface area contributed by atoms with E-state index in [1.807, 2.05) is 12.1 Å². The second-order valence-electron chi connectivity index (χ2n) is 4.63. The second kappa shape index (κ2) is 5.96. The standard InChI is InChI=1S/C14H21NO3/c1-17-13-5-3-4-12(14(13)18-2)15-8-6-11(10-16)7-9-15/h3-5,11,16H,6-10H2,1-2H3. The lowest BCUT2D eigenvalue weighted by Gasteiger charge is -2.33. The van der Waals surface area contributed by atoms with Crippen LogP contribution in [0, 0.1) is 5.92 Å². The highest BCUT2D eigenvalue weighted by molar-refractivity contribution is 5.64. The van der Waals surface area contributed by atoms with Gasteiger partial charge in [0.2, 0.25) is 0 Å². The number of aliphatic hydroxyl groups is 1. The molecule has 0 radical (unpaired) electrons. The van der Waals surface area contributed by atoms with Crippen LogP contribution in [-0.2, 0) is 0 Å². The summed E-state index contributed by atoms with van der Waals surface area (Å²) in [5.74, 6) is 2.00. The zero-order valence-corrected chi connectivity index (χ0v) is 11.1. The van der Waals surface area contributed by atoms with Gasteiger partial charge in [0.15, 0.2) is 11.5 Å². The minimum absolute atomic E-state index is 0.295. The maximum atomic E-state index is 9.17. The molecule has 1 aromatic carbocycles. The monoisotopic (exact) mass is 251 g/mol. The van der Waals surface area contributed by atoms with Gasteiger partial charge in [-0.05, 0) is 30.9 Å². The molecule has 0 spiro atoms. The number of benzene rings is 1. The van der Waals surface area contributed by atoms with Gasteiger partial charge in [-0.3, -0.25) is 0 Å². The van der Waals surface area contributed by atoms with Gasteiger partial charge >= 0.3 is 0 Å². The molecule has 1 aliphatic heterocycles. The van der Waals surface area contributed by atoms with E-state index < -0.39 is 0 Å². The van der Waals surface area contributed by atoms with Crippen molar-refractivity contribution in [1.82, 2.24) is 0 Å². The molecule has 1 aromatic rings. The third kappa shape index (κ3) is 2.53. The lowest BCUT2D eigenvalue weighted by atomic mass is 9.97. The molecule has 4 nitrogen and oxygen atoms in total. The number of para-hydroxylation sites is 1. The van der Waals surface area contributed by atoms with Gasteiger partial charge in [0.1, 0.15) is 0 Å². The van der Waals surface area contributed by atoms with Crippen LogP contribution in [0.3, 0.4) is 0 Å². The first-order valence-electron chi connectivity index (χ1n) is 6.37. The normalized spacial score (nSPS) is 16.7. The SMILES string of the molecule is COc1cccc(N2CCC(CO)CC2)c1OC. The molecule has 0 unspecified atom stereocenters. The average molecular weight is 251 g/mol. The van der Waals surface area contributed by atoms with Crippen LogP contribution < -0.4 is 14.4 Å². The highest BCUT2D eigenvalue weighted by atomic mass is 16.5. The van der Waals surface area contributed by atoms with Gasteiger partial charge in [0.25, 0.3) is 0 Å². The Morgan fingerprint density at radius 3 is 2.50 bits per heavy atom. The van der Waals surface area contributed by atoms with Gasteiger partial charge in [-0.1, -0.05) is 6.07 Å². The lowest BCUT2D eigenvalue weighted by molar-refractivity contribution is 0.202. The minimum Gasteiger partial charge on any atom is -0.493 e. The van der Waals surface area contributed by atoms with Gasteiger partial charge in [-0.25, -0.2) is 0 Å². The Morgan fingerprint density at radius 1 is 1.22 bits per heavy atom. The van der Waals surface area contributed by atoms with E-state index >= 15 is 0 Å². The number of aliphatic hydroxyl groups excluding tert-OH is 1. The van der Waals surface area contributed by atoms with E-state index in [1.54, 1.807) is 14.2 Å². The molecule has 100 valence electrons. The molecule has 18 heavy (non-hydrogen) atoms. The fourth-order valence-electron chi connectivity index (χ4n) is 2.48. The van der Waals surface area contributed by atoms with Crippen LogP contribution in [0.1, 0.15) is 12.8 Å². The number of methoxy groups -OCH3 is 2. The third-order valence-corrected chi connectivity index (χ3v) is 3.60. The number of rotatable bonds is 4. The van der Waals surface area contributed by atoms with Gasteiger partial charge in [0, 0.05) is 19.7 Å². The number of piperidine rings is 1. The zero-order chi connectivity index (χ0) is 13.0. The maximum absolute atomic E-state index is 9.17. The van der Waals surface area contributed by atoms with Crippen LogP contribution in [0.4, 0.5) is 5.69 Å². The molecule has 4 heteroatoms.